The van der Waals surface area contributed by atoms with Gasteiger partial charge in [-0.15, -0.1) is 11.3 Å². The van der Waals surface area contributed by atoms with Crippen molar-refractivity contribution in [3.8, 4) is 39.9 Å². The van der Waals surface area contributed by atoms with Gasteiger partial charge < -0.3 is 8.98 Å². The van der Waals surface area contributed by atoms with E-state index >= 15 is 0 Å². The van der Waals surface area contributed by atoms with Crippen molar-refractivity contribution >= 4 is 86.0 Å². The van der Waals surface area contributed by atoms with Gasteiger partial charge in [0.1, 0.15) is 11.2 Å². The molecule has 5 nitrogen and oxygen atoms in total. The number of thiophene rings is 1. The summed E-state index contributed by atoms with van der Waals surface area (Å²) in [6, 6.07) is 59.6. The number of benzene rings is 8. The fraction of sp³-hybridized carbons (Fsp3) is 0. The topological polar surface area (TPSA) is 56.7 Å². The third-order valence-electron chi connectivity index (χ3n) is 10.8. The van der Waals surface area contributed by atoms with Gasteiger partial charge in [-0.1, -0.05) is 121 Å². The maximum absolute atomic E-state index is 6.87. The maximum atomic E-state index is 6.87. The molecule has 0 bridgehead atoms. The number of fused-ring (bicyclic) bond motifs is 10. The van der Waals surface area contributed by atoms with E-state index < -0.39 is 0 Å². The first-order valence-corrected chi connectivity index (χ1v) is 19.2. The summed E-state index contributed by atoms with van der Waals surface area (Å²) in [7, 11) is 0. The Bertz CT molecular complexity index is 3500. The Morgan fingerprint density at radius 2 is 1.15 bits per heavy atom. The van der Waals surface area contributed by atoms with Crippen LogP contribution in [0.5, 0.6) is 0 Å². The van der Waals surface area contributed by atoms with E-state index in [9.17, 15) is 0 Å². The molecule has 0 saturated heterocycles. The zero-order valence-electron chi connectivity index (χ0n) is 29.3. The summed E-state index contributed by atoms with van der Waals surface area (Å²) >= 11 is 1.79. The van der Waals surface area contributed by atoms with Crippen LogP contribution in [-0.4, -0.2) is 19.5 Å². The molecule has 0 fully saturated rings. The van der Waals surface area contributed by atoms with Gasteiger partial charge in [-0.25, -0.2) is 15.0 Å². The van der Waals surface area contributed by atoms with E-state index in [0.717, 1.165) is 60.7 Å². The van der Waals surface area contributed by atoms with Gasteiger partial charge in [0.25, 0.3) is 0 Å². The Hall–Kier alpha value is -7.15. The highest BCUT2D eigenvalue weighted by atomic mass is 32.1. The first-order chi connectivity index (χ1) is 27.3. The molecule has 55 heavy (non-hydrogen) atoms. The molecule has 0 aliphatic rings. The summed E-state index contributed by atoms with van der Waals surface area (Å²) in [5, 5.41) is 9.14. The lowest BCUT2D eigenvalue weighted by Crippen LogP contribution is -2.04. The van der Waals surface area contributed by atoms with Crippen LogP contribution in [0.1, 0.15) is 0 Å². The van der Waals surface area contributed by atoms with Gasteiger partial charge in [0.05, 0.1) is 22.3 Å². The van der Waals surface area contributed by atoms with Gasteiger partial charge in [0.15, 0.2) is 17.5 Å². The second-order valence-corrected chi connectivity index (χ2v) is 15.0. The molecular formula is C49H28N4OS. The minimum Gasteiger partial charge on any atom is -0.455 e. The molecule has 256 valence electrons. The summed E-state index contributed by atoms with van der Waals surface area (Å²) in [6.45, 7) is 0. The van der Waals surface area contributed by atoms with E-state index in [0.29, 0.717) is 17.5 Å². The molecular weight excluding hydrogens is 693 g/mol. The van der Waals surface area contributed by atoms with Gasteiger partial charge in [-0.2, -0.15) is 0 Å². The van der Waals surface area contributed by atoms with Gasteiger partial charge in [-0.05, 0) is 59.3 Å². The first kappa shape index (κ1) is 30.3. The van der Waals surface area contributed by atoms with E-state index in [1.165, 1.54) is 36.3 Å². The monoisotopic (exact) mass is 720 g/mol. The predicted octanol–water partition coefficient (Wildman–Crippen LogP) is 13.4. The lowest BCUT2D eigenvalue weighted by molar-refractivity contribution is 0.669. The highest BCUT2D eigenvalue weighted by Crippen LogP contribution is 2.44. The third-order valence-corrected chi connectivity index (χ3v) is 12.0. The van der Waals surface area contributed by atoms with Crippen LogP contribution in [0.4, 0.5) is 0 Å². The Morgan fingerprint density at radius 3 is 2.04 bits per heavy atom. The highest BCUT2D eigenvalue weighted by molar-refractivity contribution is 7.25. The summed E-state index contributed by atoms with van der Waals surface area (Å²) in [5.74, 6) is 1.77. The van der Waals surface area contributed by atoms with Crippen molar-refractivity contribution in [1.29, 1.82) is 0 Å². The molecule has 0 saturated carbocycles. The third kappa shape index (κ3) is 4.55. The molecule has 12 aromatic rings. The van der Waals surface area contributed by atoms with Gasteiger partial charge in [-0.3, -0.25) is 0 Å². The minimum absolute atomic E-state index is 0.548. The molecule has 6 heteroatoms. The van der Waals surface area contributed by atoms with Crippen LogP contribution in [0.2, 0.25) is 0 Å². The van der Waals surface area contributed by atoms with Gasteiger partial charge in [0, 0.05) is 52.8 Å². The van der Waals surface area contributed by atoms with Gasteiger partial charge >= 0.3 is 0 Å². The maximum Gasteiger partial charge on any atom is 0.170 e. The second-order valence-electron chi connectivity index (χ2n) is 14.0. The molecule has 0 atom stereocenters. The van der Waals surface area contributed by atoms with E-state index in [1.54, 1.807) is 11.3 Å². The van der Waals surface area contributed by atoms with E-state index in [4.69, 9.17) is 19.4 Å². The van der Waals surface area contributed by atoms with Crippen molar-refractivity contribution in [2.75, 3.05) is 0 Å². The average molecular weight is 721 g/mol. The molecule has 0 aliphatic heterocycles. The Balaban J connectivity index is 1.24. The smallest absolute Gasteiger partial charge is 0.170 e. The Morgan fingerprint density at radius 1 is 0.455 bits per heavy atom. The minimum atomic E-state index is 0.548. The van der Waals surface area contributed by atoms with Crippen molar-refractivity contribution in [1.82, 2.24) is 19.5 Å². The largest absolute Gasteiger partial charge is 0.455 e. The zero-order valence-corrected chi connectivity index (χ0v) is 30.1. The lowest BCUT2D eigenvalue weighted by atomic mass is 10.0. The molecule has 12 rings (SSSR count). The number of hydrogen-bond acceptors (Lipinski definition) is 5. The quantitative estimate of drug-likeness (QED) is 0.182. The van der Waals surface area contributed by atoms with E-state index in [2.05, 4.69) is 144 Å². The first-order valence-electron chi connectivity index (χ1n) is 18.4. The number of hydrogen-bond donors (Lipinski definition) is 0. The number of furan rings is 1. The number of aromatic nitrogens is 4. The number of para-hydroxylation sites is 2. The van der Waals surface area contributed by atoms with Crippen LogP contribution in [0.15, 0.2) is 174 Å². The van der Waals surface area contributed by atoms with Crippen LogP contribution >= 0.6 is 11.3 Å². The van der Waals surface area contributed by atoms with E-state index in [1.807, 2.05) is 30.3 Å². The SMILES string of the molecule is c1ccc(-c2nc(-c3c(-n4c5ccccc5c5cc6ccccc6cc54)ccc4c3oc3ccccc34)nc(-c3cccc4sc5ccccc5c34)n2)cc1. The van der Waals surface area contributed by atoms with Crippen LogP contribution < -0.4 is 0 Å². The molecule has 0 radical (unpaired) electrons. The highest BCUT2D eigenvalue weighted by Gasteiger charge is 2.25. The lowest BCUT2D eigenvalue weighted by Gasteiger charge is -2.15. The molecule has 4 heterocycles. The zero-order chi connectivity index (χ0) is 36.0. The van der Waals surface area contributed by atoms with E-state index in [-0.39, 0.29) is 0 Å². The Labute approximate surface area is 318 Å². The standard InChI is InChI=1S/C49H28N4OS/c1-2-13-29(14-3-1)47-50-48(36-20-12-24-43-44(36)35-19-8-11-23-42(35)55-43)52-49(51-47)45-39(26-25-34-33-18-7-10-22-41(33)54-46(34)45)53-38-21-9-6-17-32(38)37-27-30-15-4-5-16-31(30)28-40(37)53/h1-28H. The summed E-state index contributed by atoms with van der Waals surface area (Å²) in [5.41, 5.74) is 7.38. The van der Waals surface area contributed by atoms with Crippen LogP contribution in [0.25, 0.3) is 115 Å². The normalized spacial score (nSPS) is 12.0. The number of rotatable bonds is 4. The van der Waals surface area contributed by atoms with Crippen LogP contribution in [0.3, 0.4) is 0 Å². The van der Waals surface area contributed by atoms with Crippen molar-refractivity contribution < 1.29 is 4.42 Å². The second kappa shape index (κ2) is 11.7. The summed E-state index contributed by atoms with van der Waals surface area (Å²) in [4.78, 5) is 16.0. The molecule has 0 unspecified atom stereocenters. The average Bonchev–Trinajstić information content (AvgIpc) is 3.92. The van der Waals surface area contributed by atoms with Crippen molar-refractivity contribution in [2.24, 2.45) is 0 Å². The fourth-order valence-corrected chi connectivity index (χ4v) is 9.51. The molecule has 0 N–H and O–H groups in total. The van der Waals surface area contributed by atoms with Gasteiger partial charge in [0.2, 0.25) is 0 Å². The van der Waals surface area contributed by atoms with Crippen molar-refractivity contribution in [2.45, 2.75) is 0 Å². The predicted molar refractivity (Wildman–Crippen MR) is 228 cm³/mol. The summed E-state index contributed by atoms with van der Waals surface area (Å²) in [6.07, 6.45) is 0. The van der Waals surface area contributed by atoms with Crippen LogP contribution in [0, 0.1) is 0 Å². The van der Waals surface area contributed by atoms with Crippen LogP contribution in [-0.2, 0) is 0 Å². The molecule has 0 aliphatic carbocycles. The molecule has 4 aromatic heterocycles. The number of nitrogens with zero attached hydrogens (tertiary/aromatic N) is 4. The van der Waals surface area contributed by atoms with Crippen molar-refractivity contribution in [3.63, 3.8) is 0 Å². The van der Waals surface area contributed by atoms with Crippen molar-refractivity contribution in [3.05, 3.63) is 170 Å². The molecule has 0 amide bonds. The fourth-order valence-electron chi connectivity index (χ4n) is 8.38. The molecule has 8 aromatic carbocycles. The summed E-state index contributed by atoms with van der Waals surface area (Å²) < 4.78 is 11.7. The molecule has 0 spiro atoms. The Kier molecular flexibility index (Phi) is 6.44.